The fourth-order valence-electron chi connectivity index (χ4n) is 5.50. The van der Waals surface area contributed by atoms with E-state index in [9.17, 15) is 32.3 Å². The van der Waals surface area contributed by atoms with Gasteiger partial charge in [0.25, 0.3) is 0 Å². The molecule has 1 aromatic heterocycles. The van der Waals surface area contributed by atoms with E-state index in [0.29, 0.717) is 26.1 Å². The lowest BCUT2D eigenvalue weighted by Gasteiger charge is -2.30. The maximum atomic E-state index is 14.0. The summed E-state index contributed by atoms with van der Waals surface area (Å²) in [6, 6.07) is 18.6. The summed E-state index contributed by atoms with van der Waals surface area (Å²) in [4.78, 5) is 54.7. The summed E-state index contributed by atoms with van der Waals surface area (Å²) in [5.74, 6) is -3.92. The van der Waals surface area contributed by atoms with Crippen LogP contribution in [0.1, 0.15) is 27.5 Å². The molecule has 2 aliphatic heterocycles. The molecule has 1 saturated heterocycles. The van der Waals surface area contributed by atoms with Gasteiger partial charge in [-0.05, 0) is 54.4 Å². The van der Waals surface area contributed by atoms with Crippen molar-refractivity contribution < 1.29 is 27.6 Å². The Bertz CT molecular complexity index is 1840. The number of hydrogen-bond donors (Lipinski definition) is 1. The van der Waals surface area contributed by atoms with Crippen molar-refractivity contribution in [2.75, 3.05) is 10.2 Å². The Morgan fingerprint density at radius 3 is 2.40 bits per heavy atom. The quantitative estimate of drug-likeness (QED) is 0.244. The summed E-state index contributed by atoms with van der Waals surface area (Å²) in [6.45, 7) is 1.53. The van der Waals surface area contributed by atoms with Gasteiger partial charge in [-0.25, -0.2) is 4.90 Å². The van der Waals surface area contributed by atoms with E-state index in [1.165, 1.54) is 16.7 Å². The summed E-state index contributed by atoms with van der Waals surface area (Å²) >= 11 is 5.19. The number of rotatable bonds is 5. The first-order valence-corrected chi connectivity index (χ1v) is 15.5. The van der Waals surface area contributed by atoms with Crippen LogP contribution in [0.15, 0.2) is 87.1 Å². The van der Waals surface area contributed by atoms with E-state index in [4.69, 9.17) is 0 Å². The van der Waals surface area contributed by atoms with Crippen molar-refractivity contribution >= 4 is 68.1 Å². The molecule has 3 unspecified atom stereocenters. The van der Waals surface area contributed by atoms with Gasteiger partial charge < -0.3 is 5.32 Å². The second-order valence-corrected chi connectivity index (χ2v) is 13.2. The molecule has 0 spiro atoms. The fourth-order valence-corrected chi connectivity index (χ4v) is 8.53. The van der Waals surface area contributed by atoms with Gasteiger partial charge in [0.15, 0.2) is 0 Å². The first kappa shape index (κ1) is 29.4. The molecule has 3 atom stereocenters. The van der Waals surface area contributed by atoms with Crippen LogP contribution >= 0.6 is 39.0 Å². The van der Waals surface area contributed by atoms with Crippen LogP contribution in [-0.4, -0.2) is 27.5 Å². The lowest BCUT2D eigenvalue weighted by Crippen LogP contribution is -2.33. The number of benzene rings is 3. The third-order valence-electron chi connectivity index (χ3n) is 7.33. The number of nitrogens with one attached hydrogen (secondary N) is 1. The van der Waals surface area contributed by atoms with Crippen LogP contribution < -0.4 is 15.1 Å². The molecule has 7 nitrogen and oxygen atoms in total. The highest BCUT2D eigenvalue weighted by Crippen LogP contribution is 2.54. The topological polar surface area (TPSA) is 88.5 Å². The molecular formula is C30H21BrF3N3O4S2. The van der Waals surface area contributed by atoms with E-state index in [2.05, 4.69) is 21.2 Å². The average molecular weight is 689 g/mol. The minimum Gasteiger partial charge on any atom is -0.325 e. The molecule has 1 fully saturated rings. The highest BCUT2D eigenvalue weighted by Gasteiger charge is 2.57. The highest BCUT2D eigenvalue weighted by molar-refractivity contribution is 9.10. The molecule has 3 aromatic carbocycles. The van der Waals surface area contributed by atoms with Gasteiger partial charge in [-0.2, -0.15) is 13.2 Å². The van der Waals surface area contributed by atoms with Gasteiger partial charge in [0, 0.05) is 21.0 Å². The van der Waals surface area contributed by atoms with Gasteiger partial charge in [-0.1, -0.05) is 75.4 Å². The van der Waals surface area contributed by atoms with Crippen LogP contribution in [0.4, 0.5) is 24.5 Å². The number of anilines is 2. The van der Waals surface area contributed by atoms with Crippen molar-refractivity contribution in [2.24, 2.45) is 5.92 Å². The molecule has 0 bridgehead atoms. The molecule has 2 aliphatic rings. The van der Waals surface area contributed by atoms with E-state index in [-0.39, 0.29) is 6.54 Å². The normalized spacial score (nSPS) is 19.7. The van der Waals surface area contributed by atoms with Crippen molar-refractivity contribution in [3.63, 3.8) is 0 Å². The molecular weight excluding hydrogens is 667 g/mol. The molecule has 6 rings (SSSR count). The Kier molecular flexibility index (Phi) is 7.59. The zero-order valence-corrected chi connectivity index (χ0v) is 25.4. The van der Waals surface area contributed by atoms with Crippen molar-refractivity contribution in [2.45, 2.75) is 35.8 Å². The van der Waals surface area contributed by atoms with Crippen molar-refractivity contribution in [1.29, 1.82) is 0 Å². The number of hydrogen-bond acceptors (Lipinski definition) is 6. The molecule has 4 aromatic rings. The van der Waals surface area contributed by atoms with Crippen LogP contribution in [0.3, 0.4) is 0 Å². The molecule has 3 heterocycles. The number of carbonyl (C=O) groups excluding carboxylic acids is 3. The summed E-state index contributed by atoms with van der Waals surface area (Å²) in [5.41, 5.74) is 0.471. The fraction of sp³-hybridized carbons (Fsp3) is 0.200. The number of alkyl halides is 3. The molecule has 1 N–H and O–H groups in total. The van der Waals surface area contributed by atoms with Crippen LogP contribution in [0.5, 0.6) is 0 Å². The average Bonchev–Trinajstić information content (AvgIpc) is 3.39. The second-order valence-electron chi connectivity index (χ2n) is 10.2. The maximum absolute atomic E-state index is 14.0. The molecule has 43 heavy (non-hydrogen) atoms. The van der Waals surface area contributed by atoms with Crippen LogP contribution in [-0.2, 0) is 27.1 Å². The van der Waals surface area contributed by atoms with Crippen molar-refractivity contribution in [1.82, 2.24) is 4.57 Å². The summed E-state index contributed by atoms with van der Waals surface area (Å²) in [7, 11) is 0. The molecule has 3 amide bonds. The number of aromatic nitrogens is 1. The summed E-state index contributed by atoms with van der Waals surface area (Å²) < 4.78 is 43.8. The van der Waals surface area contributed by atoms with Crippen LogP contribution in [0, 0.1) is 12.8 Å². The number of imide groups is 1. The molecule has 0 aliphatic carbocycles. The molecule has 13 heteroatoms. The van der Waals surface area contributed by atoms with Crippen LogP contribution in [0.2, 0.25) is 0 Å². The molecule has 220 valence electrons. The van der Waals surface area contributed by atoms with Gasteiger partial charge >= 0.3 is 11.0 Å². The van der Waals surface area contributed by atoms with Gasteiger partial charge in [0.1, 0.15) is 11.8 Å². The summed E-state index contributed by atoms with van der Waals surface area (Å²) in [6.07, 6.45) is -4.80. The van der Waals surface area contributed by atoms with Gasteiger partial charge in [-0.15, -0.1) is 0 Å². The predicted octanol–water partition coefficient (Wildman–Crippen LogP) is 6.43. The lowest BCUT2D eigenvalue weighted by molar-refractivity contribution is -0.137. The lowest BCUT2D eigenvalue weighted by atomic mass is 9.83. The van der Waals surface area contributed by atoms with E-state index in [0.717, 1.165) is 45.3 Å². The van der Waals surface area contributed by atoms with E-state index in [1.807, 2.05) is 13.0 Å². The Labute approximate surface area is 259 Å². The zero-order chi connectivity index (χ0) is 30.6. The van der Waals surface area contributed by atoms with Crippen LogP contribution in [0.25, 0.3) is 0 Å². The van der Waals surface area contributed by atoms with Crippen molar-refractivity contribution in [3.05, 3.63) is 109 Å². The number of thiazole rings is 1. The Morgan fingerprint density at radius 2 is 1.70 bits per heavy atom. The second kappa shape index (κ2) is 11.1. The number of halogens is 4. The number of nitrogens with zero attached hydrogens (tertiary/aromatic N) is 2. The minimum atomic E-state index is -4.80. The number of thioether (sulfide) groups is 1. The zero-order valence-electron chi connectivity index (χ0n) is 22.2. The summed E-state index contributed by atoms with van der Waals surface area (Å²) in [5, 5.41) is 2.00. The number of fused-ring (bicyclic) bond motifs is 2. The first-order valence-electron chi connectivity index (χ1n) is 13.0. The number of amides is 3. The number of para-hydroxylation sites is 1. The smallest absolute Gasteiger partial charge is 0.325 e. The van der Waals surface area contributed by atoms with Crippen molar-refractivity contribution in [3.8, 4) is 0 Å². The van der Waals surface area contributed by atoms with Gasteiger partial charge in [0.05, 0.1) is 22.2 Å². The number of aryl methyl sites for hydroxylation is 1. The molecule has 0 saturated carbocycles. The maximum Gasteiger partial charge on any atom is 0.418 e. The third-order valence-corrected chi connectivity index (χ3v) is 10.5. The third kappa shape index (κ3) is 5.34. The van der Waals surface area contributed by atoms with Gasteiger partial charge in [-0.3, -0.25) is 23.7 Å². The first-order chi connectivity index (χ1) is 20.4. The van der Waals surface area contributed by atoms with E-state index >= 15 is 0 Å². The van der Waals surface area contributed by atoms with Gasteiger partial charge in [0.2, 0.25) is 17.7 Å². The van der Waals surface area contributed by atoms with E-state index < -0.39 is 57.1 Å². The van der Waals surface area contributed by atoms with E-state index in [1.54, 1.807) is 42.5 Å². The Hall–Kier alpha value is -3.68. The predicted molar refractivity (Wildman–Crippen MR) is 161 cm³/mol. The SMILES string of the molecule is Cc1cccc(NC(=O)Cn2c3c(sc2=O)C(c2ccc(Br)cc2)C2C(=O)N(c4ccccc4C(F)(F)F)C(=O)C2S3)c1. The largest absolute Gasteiger partial charge is 0.418 e. The highest BCUT2D eigenvalue weighted by atomic mass is 79.9. The molecule has 0 radical (unpaired) electrons. The Morgan fingerprint density at radius 1 is 0.977 bits per heavy atom. The monoisotopic (exact) mass is 687 g/mol. The number of carbonyl (C=O) groups is 3. The standard InChI is InChI=1S/C30H21BrF3N3O4S2/c1-15-5-4-6-18(13-15)35-21(38)14-36-28-25(43-29(36)41)22(16-9-11-17(31)12-10-16)23-24(42-28)27(40)37(26(23)39)20-8-3-2-7-19(20)30(32,33)34/h2-13,22-24H,14H2,1H3,(H,35,38). The minimum absolute atomic E-state index is 0.343. The Balaban J connectivity index is 1.43.